The SMILES string of the molecule is Cc1ccc(N2CCN(C(=O)c3csc(C(C)C)c3)CC2=O)cc1. The van der Waals surface area contributed by atoms with Crippen molar-refractivity contribution in [2.75, 3.05) is 24.5 Å². The second kappa shape index (κ2) is 6.77. The lowest BCUT2D eigenvalue weighted by atomic mass is 10.1. The van der Waals surface area contributed by atoms with Crippen molar-refractivity contribution in [1.29, 1.82) is 0 Å². The molecule has 4 nitrogen and oxygen atoms in total. The normalized spacial score (nSPS) is 15.2. The Hall–Kier alpha value is -2.14. The van der Waals surface area contributed by atoms with Gasteiger partial charge in [-0.05, 0) is 31.0 Å². The predicted octanol–water partition coefficient (Wildman–Crippen LogP) is 3.67. The number of anilines is 1. The van der Waals surface area contributed by atoms with Crippen molar-refractivity contribution in [2.45, 2.75) is 26.7 Å². The van der Waals surface area contributed by atoms with Crippen LogP contribution in [0.2, 0.25) is 0 Å². The van der Waals surface area contributed by atoms with Crippen molar-refractivity contribution in [3.8, 4) is 0 Å². The summed E-state index contributed by atoms with van der Waals surface area (Å²) < 4.78 is 0. The first kappa shape index (κ1) is 16.7. The molecule has 0 saturated carbocycles. The van der Waals surface area contributed by atoms with Crippen molar-refractivity contribution in [3.63, 3.8) is 0 Å². The van der Waals surface area contributed by atoms with Crippen molar-refractivity contribution in [3.05, 3.63) is 51.7 Å². The van der Waals surface area contributed by atoms with Crippen LogP contribution in [0.3, 0.4) is 0 Å². The van der Waals surface area contributed by atoms with Crippen LogP contribution in [0.5, 0.6) is 0 Å². The summed E-state index contributed by atoms with van der Waals surface area (Å²) in [5.74, 6) is 0.337. The first-order chi connectivity index (χ1) is 11.5. The van der Waals surface area contributed by atoms with Crippen molar-refractivity contribution < 1.29 is 9.59 Å². The zero-order valence-electron chi connectivity index (χ0n) is 14.3. The molecule has 0 unspecified atom stereocenters. The molecule has 3 rings (SSSR count). The van der Waals surface area contributed by atoms with E-state index in [9.17, 15) is 9.59 Å². The summed E-state index contributed by atoms with van der Waals surface area (Å²) in [6, 6.07) is 9.86. The lowest BCUT2D eigenvalue weighted by molar-refractivity contribution is -0.120. The van der Waals surface area contributed by atoms with E-state index < -0.39 is 0 Å². The topological polar surface area (TPSA) is 40.6 Å². The molecular formula is C19H22N2O2S. The van der Waals surface area contributed by atoms with Crippen molar-refractivity contribution in [1.82, 2.24) is 4.90 Å². The van der Waals surface area contributed by atoms with Gasteiger partial charge in [-0.2, -0.15) is 0 Å². The van der Waals surface area contributed by atoms with Gasteiger partial charge in [-0.15, -0.1) is 11.3 Å². The molecule has 2 aromatic rings. The second-order valence-corrected chi connectivity index (χ2v) is 7.44. The van der Waals surface area contributed by atoms with E-state index in [1.54, 1.807) is 21.1 Å². The van der Waals surface area contributed by atoms with Crippen LogP contribution in [0, 0.1) is 6.92 Å². The number of carbonyl (C=O) groups excluding carboxylic acids is 2. The van der Waals surface area contributed by atoms with Gasteiger partial charge in [0.15, 0.2) is 0 Å². The fourth-order valence-electron chi connectivity index (χ4n) is 2.79. The highest BCUT2D eigenvalue weighted by Gasteiger charge is 2.29. The summed E-state index contributed by atoms with van der Waals surface area (Å²) in [6.45, 7) is 7.49. The number of rotatable bonds is 3. The molecule has 0 radical (unpaired) electrons. The van der Waals surface area contributed by atoms with E-state index in [0.29, 0.717) is 24.6 Å². The van der Waals surface area contributed by atoms with Gasteiger partial charge >= 0.3 is 0 Å². The fourth-order valence-corrected chi connectivity index (χ4v) is 3.69. The van der Waals surface area contributed by atoms with E-state index >= 15 is 0 Å². The van der Waals surface area contributed by atoms with Gasteiger partial charge in [0.05, 0.1) is 5.56 Å². The van der Waals surface area contributed by atoms with E-state index in [1.165, 1.54) is 10.4 Å². The third kappa shape index (κ3) is 3.36. The molecule has 1 aromatic heterocycles. The summed E-state index contributed by atoms with van der Waals surface area (Å²) >= 11 is 1.61. The highest BCUT2D eigenvalue weighted by molar-refractivity contribution is 7.10. The van der Waals surface area contributed by atoms with Gasteiger partial charge in [0.25, 0.3) is 5.91 Å². The number of hydrogen-bond donors (Lipinski definition) is 0. The Morgan fingerprint density at radius 3 is 2.46 bits per heavy atom. The molecule has 5 heteroatoms. The van der Waals surface area contributed by atoms with Crippen LogP contribution >= 0.6 is 11.3 Å². The Bertz CT molecular complexity index is 749. The van der Waals surface area contributed by atoms with E-state index in [-0.39, 0.29) is 18.4 Å². The molecule has 0 bridgehead atoms. The molecule has 1 fully saturated rings. The molecule has 0 N–H and O–H groups in total. The molecule has 0 spiro atoms. The Kier molecular flexibility index (Phi) is 4.71. The van der Waals surface area contributed by atoms with Gasteiger partial charge in [0.2, 0.25) is 5.91 Å². The first-order valence-corrected chi connectivity index (χ1v) is 9.08. The van der Waals surface area contributed by atoms with Crippen LogP contribution in [0.1, 0.15) is 40.6 Å². The molecule has 1 aromatic carbocycles. The van der Waals surface area contributed by atoms with Gasteiger partial charge in [-0.3, -0.25) is 9.59 Å². The summed E-state index contributed by atoms with van der Waals surface area (Å²) in [6.07, 6.45) is 0. The Morgan fingerprint density at radius 2 is 1.88 bits per heavy atom. The van der Waals surface area contributed by atoms with Crippen LogP contribution in [0.25, 0.3) is 0 Å². The maximum atomic E-state index is 12.6. The standard InChI is InChI=1S/C19H22N2O2S/c1-13(2)17-10-15(12-24-17)19(23)20-8-9-21(18(22)11-20)16-6-4-14(3)5-7-16/h4-7,10,12-13H,8-9,11H2,1-3H3. The number of nitrogens with zero attached hydrogens (tertiary/aromatic N) is 2. The van der Waals surface area contributed by atoms with Gasteiger partial charge < -0.3 is 9.80 Å². The monoisotopic (exact) mass is 342 g/mol. The maximum Gasteiger partial charge on any atom is 0.255 e. The van der Waals surface area contributed by atoms with Crippen LogP contribution in [-0.4, -0.2) is 36.3 Å². The average molecular weight is 342 g/mol. The first-order valence-electron chi connectivity index (χ1n) is 8.20. The molecule has 1 aliphatic rings. The molecule has 2 amide bonds. The van der Waals surface area contributed by atoms with Crippen molar-refractivity contribution >= 4 is 28.8 Å². The molecule has 0 aliphatic carbocycles. The Labute approximate surface area is 146 Å². The van der Waals surface area contributed by atoms with E-state index in [2.05, 4.69) is 13.8 Å². The van der Waals surface area contributed by atoms with Crippen LogP contribution in [-0.2, 0) is 4.79 Å². The summed E-state index contributed by atoms with van der Waals surface area (Å²) in [4.78, 5) is 29.7. The lowest BCUT2D eigenvalue weighted by Gasteiger charge is -2.34. The molecular weight excluding hydrogens is 320 g/mol. The van der Waals surface area contributed by atoms with Crippen LogP contribution in [0.4, 0.5) is 5.69 Å². The minimum atomic E-state index is -0.0462. The minimum absolute atomic E-state index is 0.0298. The Balaban J connectivity index is 1.69. The van der Waals surface area contributed by atoms with E-state index in [0.717, 1.165) is 5.69 Å². The average Bonchev–Trinajstić information content (AvgIpc) is 3.05. The molecule has 126 valence electrons. The summed E-state index contributed by atoms with van der Waals surface area (Å²) in [5, 5.41) is 1.90. The third-order valence-electron chi connectivity index (χ3n) is 4.29. The van der Waals surface area contributed by atoms with Crippen molar-refractivity contribution in [2.24, 2.45) is 0 Å². The zero-order chi connectivity index (χ0) is 17.3. The lowest BCUT2D eigenvalue weighted by Crippen LogP contribution is -2.52. The molecule has 24 heavy (non-hydrogen) atoms. The molecule has 0 atom stereocenters. The highest BCUT2D eigenvalue weighted by Crippen LogP contribution is 2.25. The van der Waals surface area contributed by atoms with Crippen LogP contribution < -0.4 is 4.90 Å². The number of aryl methyl sites for hydroxylation is 1. The number of thiophene rings is 1. The predicted molar refractivity (Wildman–Crippen MR) is 97.8 cm³/mol. The van der Waals surface area contributed by atoms with Crippen LogP contribution in [0.15, 0.2) is 35.7 Å². The molecule has 2 heterocycles. The maximum absolute atomic E-state index is 12.6. The third-order valence-corrected chi connectivity index (χ3v) is 5.52. The fraction of sp³-hybridized carbons (Fsp3) is 0.368. The molecule has 1 aliphatic heterocycles. The number of amides is 2. The van der Waals surface area contributed by atoms with Gasteiger partial charge in [0, 0.05) is 29.0 Å². The number of piperazine rings is 1. The summed E-state index contributed by atoms with van der Waals surface area (Å²) in [7, 11) is 0. The van der Waals surface area contributed by atoms with Gasteiger partial charge in [-0.25, -0.2) is 0 Å². The van der Waals surface area contributed by atoms with Gasteiger partial charge in [-0.1, -0.05) is 31.5 Å². The largest absolute Gasteiger partial charge is 0.328 e. The number of carbonyl (C=O) groups is 2. The Morgan fingerprint density at radius 1 is 1.17 bits per heavy atom. The smallest absolute Gasteiger partial charge is 0.255 e. The zero-order valence-corrected chi connectivity index (χ0v) is 15.1. The second-order valence-electron chi connectivity index (χ2n) is 6.50. The summed E-state index contributed by atoms with van der Waals surface area (Å²) in [5.41, 5.74) is 2.76. The van der Waals surface area contributed by atoms with E-state index in [1.807, 2.05) is 42.6 Å². The quantitative estimate of drug-likeness (QED) is 0.854. The number of benzene rings is 1. The van der Waals surface area contributed by atoms with Gasteiger partial charge in [0.1, 0.15) is 6.54 Å². The number of hydrogen-bond acceptors (Lipinski definition) is 3. The minimum Gasteiger partial charge on any atom is -0.328 e. The highest BCUT2D eigenvalue weighted by atomic mass is 32.1. The molecule has 1 saturated heterocycles. The van der Waals surface area contributed by atoms with E-state index in [4.69, 9.17) is 0 Å².